The van der Waals surface area contributed by atoms with Crippen LogP contribution in [0, 0.1) is 29.6 Å². The molecule has 0 aromatic rings. The summed E-state index contributed by atoms with van der Waals surface area (Å²) in [4.78, 5) is 136. The number of rotatable bonds is 14. The molecule has 0 N–H and O–H groups in total. The third kappa shape index (κ3) is 7.04. The molecule has 17 heteroatoms. The van der Waals surface area contributed by atoms with Crippen molar-refractivity contribution in [1.82, 2.24) is 34.3 Å². The van der Waals surface area contributed by atoms with E-state index in [1.54, 1.807) is 37.7 Å². The van der Waals surface area contributed by atoms with Crippen LogP contribution < -0.4 is 0 Å². The minimum Gasteiger partial charge on any atom is -0.305 e. The number of likely N-dealkylation sites (tertiary alicyclic amines) is 5. The first-order valence-corrected chi connectivity index (χ1v) is 16.7. The summed E-state index contributed by atoms with van der Waals surface area (Å²) in [6.45, 7) is 3.45. The lowest BCUT2D eigenvalue weighted by atomic mass is 10.0. The summed E-state index contributed by atoms with van der Waals surface area (Å²) in [6.07, 6.45) is 0.220. The molecule has 5 fully saturated rings. The second kappa shape index (κ2) is 14.2. The van der Waals surface area contributed by atoms with Gasteiger partial charge in [-0.05, 0) is 27.4 Å². The Morgan fingerprint density at radius 2 is 0.673 bits per heavy atom. The SMILES string of the molecule is CCC1CC(=O)N(CN2C(=O)CC(CN(C)CC3CC(=O)N(CN4C(=O)CC(CN(C)CC5CC(=O)N(CC)C5=O)C4=O)C3=O)C2=O)C1=O. The Kier molecular flexibility index (Phi) is 10.4. The van der Waals surface area contributed by atoms with Crippen molar-refractivity contribution in [3.63, 3.8) is 0 Å². The van der Waals surface area contributed by atoms with Crippen LogP contribution >= 0.6 is 0 Å². The maximum Gasteiger partial charge on any atom is 0.235 e. The lowest BCUT2D eigenvalue weighted by molar-refractivity contribution is -0.151. The molecule has 5 atom stereocenters. The molecule has 266 valence electrons. The summed E-state index contributed by atoms with van der Waals surface area (Å²) < 4.78 is 0. The van der Waals surface area contributed by atoms with Crippen LogP contribution in [0.5, 0.6) is 0 Å². The minimum absolute atomic E-state index is 0.0483. The number of nitrogens with zero attached hydrogens (tertiary/aromatic N) is 7. The highest BCUT2D eigenvalue weighted by molar-refractivity contribution is 6.08. The van der Waals surface area contributed by atoms with E-state index in [2.05, 4.69) is 0 Å². The largest absolute Gasteiger partial charge is 0.305 e. The Balaban J connectivity index is 1.11. The summed E-state index contributed by atoms with van der Waals surface area (Å²) in [5.74, 6) is -7.78. The standard InChI is InChI=1S/C32H43N7O10/c1-5-18-7-24(41)36(28(18)45)16-37-25(42)9-21(30(37)47)14-34(4)15-22-11-27(44)39(32(22)49)17-38-26(43)10-20(31(38)48)13-33(3)12-19-8-23(40)35(6-2)29(19)46/h18-22H,5-17H2,1-4H3. The molecule has 5 aliphatic heterocycles. The topological polar surface area (TPSA) is 193 Å². The fourth-order valence-corrected chi connectivity index (χ4v) is 7.51. The van der Waals surface area contributed by atoms with E-state index in [1.165, 1.54) is 4.90 Å². The highest BCUT2D eigenvalue weighted by atomic mass is 16.2. The van der Waals surface area contributed by atoms with Crippen LogP contribution in [0.15, 0.2) is 0 Å². The molecule has 0 aromatic carbocycles. The van der Waals surface area contributed by atoms with Gasteiger partial charge in [-0.25, -0.2) is 0 Å². The van der Waals surface area contributed by atoms with Crippen LogP contribution in [0.25, 0.3) is 0 Å². The summed E-state index contributed by atoms with van der Waals surface area (Å²) in [6, 6.07) is 0. The monoisotopic (exact) mass is 685 g/mol. The van der Waals surface area contributed by atoms with Gasteiger partial charge in [-0.15, -0.1) is 0 Å². The quantitative estimate of drug-likeness (QED) is 0.184. The third-order valence-electron chi connectivity index (χ3n) is 10.2. The zero-order valence-electron chi connectivity index (χ0n) is 28.3. The van der Waals surface area contributed by atoms with E-state index in [-0.39, 0.29) is 70.1 Å². The Morgan fingerprint density at radius 1 is 0.429 bits per heavy atom. The second-order valence-corrected chi connectivity index (χ2v) is 13.8. The lowest BCUT2D eigenvalue weighted by Crippen LogP contribution is -2.46. The Labute approximate surface area is 283 Å². The summed E-state index contributed by atoms with van der Waals surface area (Å²) in [5.41, 5.74) is 0. The molecular formula is C32H43N7O10. The molecule has 0 aliphatic carbocycles. The van der Waals surface area contributed by atoms with Crippen LogP contribution in [0.4, 0.5) is 0 Å². The van der Waals surface area contributed by atoms with Gasteiger partial charge in [-0.3, -0.25) is 72.4 Å². The average Bonchev–Trinajstić information content (AvgIpc) is 3.73. The summed E-state index contributed by atoms with van der Waals surface area (Å²) >= 11 is 0. The fraction of sp³-hybridized carbons (Fsp3) is 0.688. The molecule has 5 heterocycles. The highest BCUT2D eigenvalue weighted by Gasteiger charge is 2.47. The van der Waals surface area contributed by atoms with Crippen LogP contribution in [-0.4, -0.2) is 154 Å². The van der Waals surface area contributed by atoms with Crippen molar-refractivity contribution >= 4 is 59.1 Å². The normalized spacial score (nSPS) is 28.2. The molecule has 5 rings (SSSR count). The molecule has 5 aliphatic rings. The van der Waals surface area contributed by atoms with E-state index in [0.29, 0.717) is 13.0 Å². The van der Waals surface area contributed by atoms with E-state index in [4.69, 9.17) is 0 Å². The zero-order valence-corrected chi connectivity index (χ0v) is 28.3. The third-order valence-corrected chi connectivity index (χ3v) is 10.2. The zero-order chi connectivity index (χ0) is 35.9. The Bertz CT molecular complexity index is 1500. The van der Waals surface area contributed by atoms with Crippen molar-refractivity contribution in [2.45, 2.75) is 52.4 Å². The van der Waals surface area contributed by atoms with Crippen molar-refractivity contribution in [3.05, 3.63) is 0 Å². The van der Waals surface area contributed by atoms with Crippen molar-refractivity contribution in [3.8, 4) is 0 Å². The van der Waals surface area contributed by atoms with Crippen LogP contribution in [0.3, 0.4) is 0 Å². The summed E-state index contributed by atoms with van der Waals surface area (Å²) in [7, 11) is 3.34. The van der Waals surface area contributed by atoms with Gasteiger partial charge in [0.1, 0.15) is 13.3 Å². The predicted octanol–water partition coefficient (Wildman–Crippen LogP) is -1.93. The minimum atomic E-state index is -0.796. The first-order valence-electron chi connectivity index (χ1n) is 16.7. The number of amides is 10. The molecule has 10 amide bonds. The number of hydrogen-bond acceptors (Lipinski definition) is 12. The van der Waals surface area contributed by atoms with Crippen molar-refractivity contribution in [1.29, 1.82) is 0 Å². The lowest BCUT2D eigenvalue weighted by Gasteiger charge is -2.25. The molecule has 0 radical (unpaired) electrons. The molecule has 49 heavy (non-hydrogen) atoms. The fourth-order valence-electron chi connectivity index (χ4n) is 7.51. The Hall–Kier alpha value is -4.38. The van der Waals surface area contributed by atoms with Gasteiger partial charge >= 0.3 is 0 Å². The number of carbonyl (C=O) groups is 10. The van der Waals surface area contributed by atoms with E-state index in [9.17, 15) is 47.9 Å². The summed E-state index contributed by atoms with van der Waals surface area (Å²) in [5, 5.41) is 0. The van der Waals surface area contributed by atoms with E-state index in [0.717, 1.165) is 19.6 Å². The van der Waals surface area contributed by atoms with Gasteiger partial charge in [-0.1, -0.05) is 6.92 Å². The van der Waals surface area contributed by atoms with E-state index < -0.39 is 90.2 Å². The van der Waals surface area contributed by atoms with Crippen molar-refractivity contribution in [2.75, 3.05) is 60.2 Å². The molecule has 0 bridgehead atoms. The van der Waals surface area contributed by atoms with Gasteiger partial charge in [0.2, 0.25) is 59.1 Å². The van der Waals surface area contributed by atoms with Crippen LogP contribution in [-0.2, 0) is 47.9 Å². The smallest absolute Gasteiger partial charge is 0.235 e. The second-order valence-electron chi connectivity index (χ2n) is 13.8. The first-order chi connectivity index (χ1) is 23.1. The van der Waals surface area contributed by atoms with Gasteiger partial charge in [0, 0.05) is 70.7 Å². The molecule has 17 nitrogen and oxygen atoms in total. The van der Waals surface area contributed by atoms with Gasteiger partial charge in [-0.2, -0.15) is 0 Å². The molecule has 5 unspecified atom stereocenters. The van der Waals surface area contributed by atoms with E-state index >= 15 is 0 Å². The van der Waals surface area contributed by atoms with Gasteiger partial charge in [0.15, 0.2) is 0 Å². The van der Waals surface area contributed by atoms with Gasteiger partial charge < -0.3 is 9.80 Å². The van der Waals surface area contributed by atoms with Crippen molar-refractivity contribution in [2.24, 2.45) is 29.6 Å². The van der Waals surface area contributed by atoms with Gasteiger partial charge in [0.25, 0.3) is 0 Å². The van der Waals surface area contributed by atoms with Crippen molar-refractivity contribution < 1.29 is 47.9 Å². The molecular weight excluding hydrogens is 642 g/mol. The molecule has 5 saturated heterocycles. The maximum atomic E-state index is 13.3. The predicted molar refractivity (Wildman–Crippen MR) is 165 cm³/mol. The molecule has 0 saturated carbocycles. The number of carbonyl (C=O) groups excluding carboxylic acids is 10. The molecule has 0 spiro atoms. The highest BCUT2D eigenvalue weighted by Crippen LogP contribution is 2.29. The van der Waals surface area contributed by atoms with Crippen LogP contribution in [0.1, 0.15) is 52.4 Å². The molecule has 0 aromatic heterocycles. The first kappa shape index (κ1) is 35.9. The van der Waals surface area contributed by atoms with Crippen LogP contribution in [0.2, 0.25) is 0 Å². The number of hydrogen-bond donors (Lipinski definition) is 0. The Morgan fingerprint density at radius 3 is 0.918 bits per heavy atom. The number of imide groups is 5. The van der Waals surface area contributed by atoms with Gasteiger partial charge in [0.05, 0.1) is 23.7 Å². The van der Waals surface area contributed by atoms with E-state index in [1.807, 2.05) is 0 Å². The maximum absolute atomic E-state index is 13.3. The average molecular weight is 686 g/mol.